The third kappa shape index (κ3) is 4.52. The maximum absolute atomic E-state index is 13.1. The number of carbonyl (C=O) groups excluding carboxylic acids is 2. The van der Waals surface area contributed by atoms with E-state index in [2.05, 4.69) is 5.32 Å². The number of ether oxygens (including phenoxy) is 1. The molecular weight excluding hydrogens is 411 g/mol. The summed E-state index contributed by atoms with van der Waals surface area (Å²) in [7, 11) is -2.54. The first-order valence-corrected chi connectivity index (χ1v) is 10.9. The van der Waals surface area contributed by atoms with Gasteiger partial charge in [0.2, 0.25) is 15.9 Å². The van der Waals surface area contributed by atoms with Crippen molar-refractivity contribution < 1.29 is 27.1 Å². The Bertz CT molecular complexity index is 1050. The maximum atomic E-state index is 13.1. The molecule has 1 atom stereocenters. The topological polar surface area (TPSA) is 92.8 Å². The van der Waals surface area contributed by atoms with Gasteiger partial charge < -0.3 is 10.1 Å². The third-order valence-electron chi connectivity index (χ3n) is 5.20. The number of nitrogens with one attached hydrogen (secondary N) is 1. The van der Waals surface area contributed by atoms with Crippen molar-refractivity contribution in [2.24, 2.45) is 5.92 Å². The number of hydrogen-bond donors (Lipinski definition) is 1. The monoisotopic (exact) mass is 434 g/mol. The van der Waals surface area contributed by atoms with E-state index in [0.29, 0.717) is 36.2 Å². The van der Waals surface area contributed by atoms with Crippen molar-refractivity contribution in [2.75, 3.05) is 25.5 Å². The van der Waals surface area contributed by atoms with E-state index in [9.17, 15) is 22.4 Å². The van der Waals surface area contributed by atoms with Crippen LogP contribution in [0.5, 0.6) is 0 Å². The first kappa shape index (κ1) is 21.9. The van der Waals surface area contributed by atoms with Crippen molar-refractivity contribution in [1.82, 2.24) is 4.31 Å². The van der Waals surface area contributed by atoms with Gasteiger partial charge in [0.1, 0.15) is 5.82 Å². The summed E-state index contributed by atoms with van der Waals surface area (Å²) in [5.74, 6) is -1.89. The molecule has 0 saturated carbocycles. The molecule has 1 amide bonds. The van der Waals surface area contributed by atoms with Gasteiger partial charge in [0.05, 0.1) is 23.5 Å². The molecule has 0 aromatic heterocycles. The highest BCUT2D eigenvalue weighted by atomic mass is 32.2. The van der Waals surface area contributed by atoms with Crippen LogP contribution in [0.25, 0.3) is 0 Å². The van der Waals surface area contributed by atoms with E-state index in [1.807, 2.05) is 0 Å². The Labute approximate surface area is 174 Å². The van der Waals surface area contributed by atoms with Crippen LogP contribution in [0, 0.1) is 18.7 Å². The van der Waals surface area contributed by atoms with Gasteiger partial charge in [0, 0.05) is 18.8 Å². The minimum atomic E-state index is -3.82. The highest BCUT2D eigenvalue weighted by Gasteiger charge is 2.33. The van der Waals surface area contributed by atoms with E-state index in [1.54, 1.807) is 25.1 Å². The summed E-state index contributed by atoms with van der Waals surface area (Å²) in [6, 6.07) is 9.55. The average molecular weight is 434 g/mol. The molecule has 30 heavy (non-hydrogen) atoms. The number of rotatable bonds is 5. The zero-order chi connectivity index (χ0) is 21.9. The molecule has 1 heterocycles. The lowest BCUT2D eigenvalue weighted by molar-refractivity contribution is -0.120. The van der Waals surface area contributed by atoms with Crippen LogP contribution in [-0.4, -0.2) is 44.8 Å². The average Bonchev–Trinajstić information content (AvgIpc) is 2.75. The summed E-state index contributed by atoms with van der Waals surface area (Å²) in [4.78, 5) is 24.7. The molecule has 7 nitrogen and oxygen atoms in total. The quantitative estimate of drug-likeness (QED) is 0.731. The molecule has 0 bridgehead atoms. The number of methoxy groups -OCH3 is 1. The first-order valence-electron chi connectivity index (χ1n) is 9.48. The molecule has 0 spiro atoms. The van der Waals surface area contributed by atoms with E-state index in [-0.39, 0.29) is 17.3 Å². The van der Waals surface area contributed by atoms with E-state index in [4.69, 9.17) is 4.74 Å². The van der Waals surface area contributed by atoms with Crippen LogP contribution >= 0.6 is 0 Å². The number of esters is 1. The van der Waals surface area contributed by atoms with E-state index in [0.717, 1.165) is 12.1 Å². The van der Waals surface area contributed by atoms with Gasteiger partial charge in [-0.05, 0) is 61.7 Å². The molecule has 1 aliphatic rings. The van der Waals surface area contributed by atoms with E-state index < -0.39 is 27.7 Å². The molecule has 3 rings (SSSR count). The number of piperidine rings is 1. The fourth-order valence-corrected chi connectivity index (χ4v) is 4.99. The van der Waals surface area contributed by atoms with Crippen LogP contribution in [0.4, 0.5) is 10.1 Å². The predicted octanol–water partition coefficient (Wildman–Crippen LogP) is 2.96. The highest BCUT2D eigenvalue weighted by Crippen LogP contribution is 2.26. The SMILES string of the molecule is COC(=O)c1cccc(NC(=O)C2CCCN(S(=O)(=O)c3ccc(F)cc3)C2)c1C. The van der Waals surface area contributed by atoms with Gasteiger partial charge in [-0.1, -0.05) is 6.07 Å². The van der Waals surface area contributed by atoms with Crippen molar-refractivity contribution in [1.29, 1.82) is 0 Å². The second-order valence-electron chi connectivity index (χ2n) is 7.12. The minimum Gasteiger partial charge on any atom is -0.465 e. The van der Waals surface area contributed by atoms with Gasteiger partial charge >= 0.3 is 5.97 Å². The first-order chi connectivity index (χ1) is 14.2. The van der Waals surface area contributed by atoms with E-state index >= 15 is 0 Å². The number of nitrogens with zero attached hydrogens (tertiary/aromatic N) is 1. The van der Waals surface area contributed by atoms with Crippen LogP contribution in [0.1, 0.15) is 28.8 Å². The maximum Gasteiger partial charge on any atom is 0.338 e. The summed E-state index contributed by atoms with van der Waals surface area (Å²) in [6.45, 7) is 2.02. The Hall–Kier alpha value is -2.78. The van der Waals surface area contributed by atoms with Gasteiger partial charge in [0.15, 0.2) is 0 Å². The molecule has 160 valence electrons. The number of amides is 1. The van der Waals surface area contributed by atoms with Gasteiger partial charge in [-0.2, -0.15) is 4.31 Å². The van der Waals surface area contributed by atoms with Gasteiger partial charge in [-0.25, -0.2) is 17.6 Å². The fraction of sp³-hybridized carbons (Fsp3) is 0.333. The number of anilines is 1. The van der Waals surface area contributed by atoms with Crippen molar-refractivity contribution in [3.63, 3.8) is 0 Å². The summed E-state index contributed by atoms with van der Waals surface area (Å²) in [5, 5.41) is 2.80. The Balaban J connectivity index is 1.75. The third-order valence-corrected chi connectivity index (χ3v) is 7.08. The molecule has 1 aliphatic heterocycles. The van der Waals surface area contributed by atoms with Crippen LogP contribution in [0.2, 0.25) is 0 Å². The van der Waals surface area contributed by atoms with Crippen LogP contribution < -0.4 is 5.32 Å². The lowest BCUT2D eigenvalue weighted by Gasteiger charge is -2.31. The van der Waals surface area contributed by atoms with Crippen molar-refractivity contribution in [3.8, 4) is 0 Å². The number of hydrogen-bond acceptors (Lipinski definition) is 5. The van der Waals surface area contributed by atoms with Crippen LogP contribution in [-0.2, 0) is 19.6 Å². The Morgan fingerprint density at radius 3 is 2.53 bits per heavy atom. The summed E-state index contributed by atoms with van der Waals surface area (Å²) in [5.41, 5.74) is 1.39. The highest BCUT2D eigenvalue weighted by molar-refractivity contribution is 7.89. The lowest BCUT2D eigenvalue weighted by Crippen LogP contribution is -2.43. The standard InChI is InChI=1S/C21H23FN2O5S/c1-14-18(21(26)29-2)6-3-7-19(14)23-20(25)15-5-4-12-24(13-15)30(27,28)17-10-8-16(22)9-11-17/h3,6-11,15H,4-5,12-13H2,1-2H3,(H,23,25). The lowest BCUT2D eigenvalue weighted by atomic mass is 9.98. The minimum absolute atomic E-state index is 0.00779. The number of halogens is 1. The van der Waals surface area contributed by atoms with Crippen molar-refractivity contribution in [3.05, 3.63) is 59.4 Å². The second-order valence-corrected chi connectivity index (χ2v) is 9.05. The molecule has 1 saturated heterocycles. The smallest absolute Gasteiger partial charge is 0.338 e. The molecule has 2 aromatic carbocycles. The van der Waals surface area contributed by atoms with Crippen LogP contribution in [0.15, 0.2) is 47.4 Å². The summed E-state index contributed by atoms with van der Waals surface area (Å²) in [6.07, 6.45) is 1.07. The fourth-order valence-electron chi connectivity index (χ4n) is 3.47. The normalized spacial score (nSPS) is 17.4. The molecular formula is C21H23FN2O5S. The van der Waals surface area contributed by atoms with Gasteiger partial charge in [-0.15, -0.1) is 0 Å². The molecule has 0 radical (unpaired) electrons. The predicted molar refractivity (Wildman–Crippen MR) is 109 cm³/mol. The summed E-state index contributed by atoms with van der Waals surface area (Å²) < 4.78 is 44.8. The molecule has 0 aliphatic carbocycles. The number of carbonyl (C=O) groups is 2. The van der Waals surface area contributed by atoms with Crippen LogP contribution in [0.3, 0.4) is 0 Å². The Kier molecular flexibility index (Phi) is 6.52. The number of benzene rings is 2. The van der Waals surface area contributed by atoms with Gasteiger partial charge in [0.25, 0.3) is 0 Å². The largest absolute Gasteiger partial charge is 0.465 e. The molecule has 1 fully saturated rings. The second kappa shape index (κ2) is 8.93. The molecule has 1 N–H and O–H groups in total. The van der Waals surface area contributed by atoms with Crippen molar-refractivity contribution >= 4 is 27.6 Å². The van der Waals surface area contributed by atoms with Gasteiger partial charge in [-0.3, -0.25) is 4.79 Å². The number of sulfonamides is 1. The Morgan fingerprint density at radius 1 is 1.17 bits per heavy atom. The molecule has 9 heteroatoms. The molecule has 2 aromatic rings. The van der Waals surface area contributed by atoms with E-state index in [1.165, 1.54) is 23.5 Å². The zero-order valence-corrected chi connectivity index (χ0v) is 17.5. The Morgan fingerprint density at radius 2 is 1.87 bits per heavy atom. The summed E-state index contributed by atoms with van der Waals surface area (Å²) >= 11 is 0. The van der Waals surface area contributed by atoms with Crippen molar-refractivity contribution in [2.45, 2.75) is 24.7 Å². The molecule has 1 unspecified atom stereocenters. The zero-order valence-electron chi connectivity index (χ0n) is 16.7.